The summed E-state index contributed by atoms with van der Waals surface area (Å²) in [7, 11) is 0. The van der Waals surface area contributed by atoms with Crippen LogP contribution in [0.4, 0.5) is 5.69 Å². The van der Waals surface area contributed by atoms with Crippen molar-refractivity contribution in [2.75, 3.05) is 66.1 Å². The number of ether oxygens (including phenoxy) is 6. The lowest BCUT2D eigenvalue weighted by atomic mass is 10.1. The minimum atomic E-state index is -0.908. The van der Waals surface area contributed by atoms with Crippen molar-refractivity contribution < 1.29 is 42.9 Å². The Bertz CT molecular complexity index is 889. The largest absolute Gasteiger partial charge is 0.491 e. The topological polar surface area (TPSA) is 133 Å². The van der Waals surface area contributed by atoms with Gasteiger partial charge < -0.3 is 28.4 Å². The van der Waals surface area contributed by atoms with Crippen molar-refractivity contribution in [1.82, 2.24) is 0 Å². The van der Waals surface area contributed by atoms with E-state index in [9.17, 15) is 19.7 Å². The van der Waals surface area contributed by atoms with E-state index >= 15 is 0 Å². The highest BCUT2D eigenvalue weighted by molar-refractivity contribution is 6.40. The van der Waals surface area contributed by atoms with Crippen LogP contribution in [0.15, 0.2) is 54.6 Å². The van der Waals surface area contributed by atoms with Gasteiger partial charge in [0.2, 0.25) is 0 Å². The monoisotopic (exact) mass is 491 g/mol. The van der Waals surface area contributed by atoms with Gasteiger partial charge in [0.05, 0.1) is 57.8 Å². The molecule has 0 aliphatic carbocycles. The first-order valence-corrected chi connectivity index (χ1v) is 11.0. The highest BCUT2D eigenvalue weighted by Crippen LogP contribution is 2.17. The van der Waals surface area contributed by atoms with Crippen LogP contribution in [0.2, 0.25) is 0 Å². The van der Waals surface area contributed by atoms with Crippen LogP contribution in [0.5, 0.6) is 5.75 Å². The molecule has 0 bridgehead atoms. The molecule has 0 aliphatic rings. The van der Waals surface area contributed by atoms with Crippen LogP contribution in [0.1, 0.15) is 10.4 Å². The quantitative estimate of drug-likeness (QED) is 0.0721. The number of nitro benzene ring substituents is 1. The van der Waals surface area contributed by atoms with Crippen LogP contribution in [-0.2, 0) is 28.5 Å². The fraction of sp³-hybridized carbons (Fsp3) is 0.417. The number of ketones is 1. The Balaban J connectivity index is 1.32. The van der Waals surface area contributed by atoms with Crippen LogP contribution < -0.4 is 4.74 Å². The number of nitro groups is 1. The van der Waals surface area contributed by atoms with E-state index in [1.807, 2.05) is 0 Å². The molecule has 0 atom stereocenters. The maximum absolute atomic E-state index is 11.8. The van der Waals surface area contributed by atoms with Gasteiger partial charge in [-0.25, -0.2) is 4.79 Å². The highest BCUT2D eigenvalue weighted by atomic mass is 16.6. The molecular formula is C24H29NO10. The average Bonchev–Trinajstić information content (AvgIpc) is 2.88. The maximum Gasteiger partial charge on any atom is 0.379 e. The molecule has 190 valence electrons. The molecule has 11 nitrogen and oxygen atoms in total. The van der Waals surface area contributed by atoms with Crippen molar-refractivity contribution in [3.63, 3.8) is 0 Å². The molecule has 2 aromatic carbocycles. The van der Waals surface area contributed by atoms with Gasteiger partial charge >= 0.3 is 5.97 Å². The van der Waals surface area contributed by atoms with Crippen molar-refractivity contribution in [3.8, 4) is 5.75 Å². The summed E-state index contributed by atoms with van der Waals surface area (Å²) in [6.07, 6.45) is 0. The number of hydrogen-bond donors (Lipinski definition) is 0. The Morgan fingerprint density at radius 3 is 1.66 bits per heavy atom. The van der Waals surface area contributed by atoms with E-state index in [0.29, 0.717) is 58.6 Å². The lowest BCUT2D eigenvalue weighted by Gasteiger charge is -2.08. The molecule has 0 saturated carbocycles. The van der Waals surface area contributed by atoms with Crippen molar-refractivity contribution in [3.05, 3.63) is 70.3 Å². The summed E-state index contributed by atoms with van der Waals surface area (Å²) in [4.78, 5) is 33.6. The van der Waals surface area contributed by atoms with E-state index in [2.05, 4.69) is 0 Å². The molecule has 0 radical (unpaired) electrons. The second kappa shape index (κ2) is 17.1. The number of benzene rings is 2. The zero-order valence-corrected chi connectivity index (χ0v) is 19.3. The van der Waals surface area contributed by atoms with Gasteiger partial charge in [0, 0.05) is 17.7 Å². The Labute approximate surface area is 203 Å². The summed E-state index contributed by atoms with van der Waals surface area (Å²) in [6.45, 7) is 3.13. The van der Waals surface area contributed by atoms with Gasteiger partial charge in [0.1, 0.15) is 19.0 Å². The maximum atomic E-state index is 11.8. The first kappa shape index (κ1) is 27.9. The molecule has 0 N–H and O–H groups in total. The summed E-state index contributed by atoms with van der Waals surface area (Å²) in [5, 5.41) is 10.6. The third kappa shape index (κ3) is 12.1. The smallest absolute Gasteiger partial charge is 0.379 e. The number of rotatable bonds is 19. The number of carbonyl (C=O) groups excluding carboxylic acids is 2. The molecule has 0 saturated heterocycles. The fourth-order valence-corrected chi connectivity index (χ4v) is 2.61. The summed E-state index contributed by atoms with van der Waals surface area (Å²) in [5.74, 6) is -1.06. The van der Waals surface area contributed by atoms with E-state index in [1.165, 1.54) is 24.3 Å². The van der Waals surface area contributed by atoms with Crippen LogP contribution in [0, 0.1) is 10.1 Å². The molecule has 2 rings (SSSR count). The van der Waals surface area contributed by atoms with Gasteiger partial charge in [-0.2, -0.15) is 0 Å². The average molecular weight is 491 g/mol. The summed E-state index contributed by atoms with van der Waals surface area (Å²) in [5.41, 5.74) is 0.299. The Morgan fingerprint density at radius 1 is 0.657 bits per heavy atom. The number of carbonyl (C=O) groups is 2. The van der Waals surface area contributed by atoms with Crippen molar-refractivity contribution >= 4 is 17.4 Å². The third-order valence-electron chi connectivity index (χ3n) is 4.34. The Morgan fingerprint density at radius 2 is 1.14 bits per heavy atom. The highest BCUT2D eigenvalue weighted by Gasteiger charge is 2.17. The summed E-state index contributed by atoms with van der Waals surface area (Å²) >= 11 is 0. The molecule has 11 heteroatoms. The lowest BCUT2D eigenvalue weighted by molar-refractivity contribution is -0.384. The number of Topliss-reactive ketones (excluding diaryl/α,β-unsaturated/α-hetero) is 1. The SMILES string of the molecule is O=C(OCCOCCOCCOCCOCCOc1ccc([N+](=O)[O-])cc1)C(=O)c1ccccc1. The molecule has 0 aromatic heterocycles. The normalized spacial score (nSPS) is 10.6. The molecule has 0 aliphatic heterocycles. The van der Waals surface area contributed by atoms with Crippen LogP contribution in [-0.4, -0.2) is 82.7 Å². The standard InChI is InChI=1S/C24H29NO10/c26-23(20-4-2-1-3-5-20)24(27)35-19-17-33-15-13-31-11-10-30-12-14-32-16-18-34-22-8-6-21(7-9-22)25(28)29/h1-9H,10-19H2. The first-order chi connectivity index (χ1) is 17.1. The Kier molecular flexibility index (Phi) is 13.6. The molecule has 35 heavy (non-hydrogen) atoms. The molecule has 0 unspecified atom stereocenters. The van der Waals surface area contributed by atoms with E-state index in [1.54, 1.807) is 30.3 Å². The number of non-ortho nitro benzene ring substituents is 1. The van der Waals surface area contributed by atoms with Gasteiger partial charge in [-0.15, -0.1) is 0 Å². The van der Waals surface area contributed by atoms with Crippen molar-refractivity contribution in [2.24, 2.45) is 0 Å². The zero-order chi connectivity index (χ0) is 25.1. The second-order valence-electron chi connectivity index (χ2n) is 6.88. The predicted molar refractivity (Wildman–Crippen MR) is 124 cm³/mol. The minimum Gasteiger partial charge on any atom is -0.491 e. The van der Waals surface area contributed by atoms with Crippen LogP contribution >= 0.6 is 0 Å². The van der Waals surface area contributed by atoms with Crippen LogP contribution in [0.25, 0.3) is 0 Å². The molecule has 0 heterocycles. The zero-order valence-electron chi connectivity index (χ0n) is 19.3. The van der Waals surface area contributed by atoms with Gasteiger partial charge in [0.15, 0.2) is 0 Å². The molecular weight excluding hydrogens is 462 g/mol. The minimum absolute atomic E-state index is 0.0124. The summed E-state index contributed by atoms with van der Waals surface area (Å²) < 4.78 is 31.7. The lowest BCUT2D eigenvalue weighted by Crippen LogP contribution is -2.20. The second-order valence-corrected chi connectivity index (χ2v) is 6.88. The van der Waals surface area contributed by atoms with Crippen LogP contribution in [0.3, 0.4) is 0 Å². The number of hydrogen-bond acceptors (Lipinski definition) is 10. The number of nitrogens with zero attached hydrogens (tertiary/aromatic N) is 1. The molecule has 0 spiro atoms. The van der Waals surface area contributed by atoms with Gasteiger partial charge in [-0.1, -0.05) is 30.3 Å². The predicted octanol–water partition coefficient (Wildman–Crippen LogP) is 2.47. The first-order valence-electron chi connectivity index (χ1n) is 11.0. The molecule has 2 aromatic rings. The van der Waals surface area contributed by atoms with Gasteiger partial charge in [0.25, 0.3) is 11.5 Å². The van der Waals surface area contributed by atoms with Gasteiger partial charge in [-0.05, 0) is 12.1 Å². The van der Waals surface area contributed by atoms with E-state index in [0.717, 1.165) is 0 Å². The Hall–Kier alpha value is -3.38. The third-order valence-corrected chi connectivity index (χ3v) is 4.34. The van der Waals surface area contributed by atoms with E-state index in [4.69, 9.17) is 28.4 Å². The van der Waals surface area contributed by atoms with E-state index in [-0.39, 0.29) is 24.5 Å². The molecule has 0 fully saturated rings. The van der Waals surface area contributed by atoms with Crippen molar-refractivity contribution in [2.45, 2.75) is 0 Å². The molecule has 0 amide bonds. The number of esters is 1. The van der Waals surface area contributed by atoms with E-state index < -0.39 is 16.7 Å². The van der Waals surface area contributed by atoms with Gasteiger partial charge in [-0.3, -0.25) is 14.9 Å². The van der Waals surface area contributed by atoms with Crippen molar-refractivity contribution in [1.29, 1.82) is 0 Å². The fourth-order valence-electron chi connectivity index (χ4n) is 2.61. The summed E-state index contributed by atoms with van der Waals surface area (Å²) in [6, 6.07) is 14.0.